The van der Waals surface area contributed by atoms with Gasteiger partial charge in [-0.25, -0.2) is 9.37 Å². The van der Waals surface area contributed by atoms with Gasteiger partial charge in [-0.15, -0.1) is 0 Å². The zero-order chi connectivity index (χ0) is 11.4. The highest BCUT2D eigenvalue weighted by Crippen LogP contribution is 2.17. The van der Waals surface area contributed by atoms with Crippen LogP contribution in [0.25, 0.3) is 0 Å². The molecule has 5 heteroatoms. The maximum atomic E-state index is 12.8. The molecule has 1 N–H and O–H groups in total. The van der Waals surface area contributed by atoms with Crippen molar-refractivity contribution in [3.05, 3.63) is 47.8 Å². The van der Waals surface area contributed by atoms with Gasteiger partial charge in [-0.3, -0.25) is 0 Å². The minimum atomic E-state index is -0.505. The molecule has 0 bridgehead atoms. The van der Waals surface area contributed by atoms with Crippen molar-refractivity contribution in [1.82, 2.24) is 4.98 Å². The molecule has 2 aromatic heterocycles. The number of furan rings is 1. The summed E-state index contributed by atoms with van der Waals surface area (Å²) in [5.41, 5.74) is 0.312. The van der Waals surface area contributed by atoms with E-state index < -0.39 is 5.82 Å². The number of halogens is 1. The monoisotopic (exact) mass is 223 g/mol. The van der Waals surface area contributed by atoms with Gasteiger partial charge >= 0.3 is 0 Å². The zero-order valence-electron chi connectivity index (χ0n) is 8.39. The molecule has 84 valence electrons. The average molecular weight is 223 g/mol. The topological polar surface area (TPSA) is 55.5 Å². The predicted octanol–water partition coefficient (Wildman–Crippen LogP) is 1.89. The van der Waals surface area contributed by atoms with E-state index in [9.17, 15) is 4.39 Å². The van der Waals surface area contributed by atoms with Crippen LogP contribution >= 0.6 is 0 Å². The molecule has 0 radical (unpaired) electrons. The van der Waals surface area contributed by atoms with Crippen molar-refractivity contribution in [2.75, 3.05) is 0 Å². The SMILES string of the molecule is OCc1cc(F)cnc1OCc1ccco1. The molecule has 0 aromatic carbocycles. The molecule has 2 aromatic rings. The summed E-state index contributed by atoms with van der Waals surface area (Å²) in [6.45, 7) is -0.128. The first-order valence-electron chi connectivity index (χ1n) is 4.70. The summed E-state index contributed by atoms with van der Waals surface area (Å²) in [7, 11) is 0. The second kappa shape index (κ2) is 4.76. The third-order valence-electron chi connectivity index (χ3n) is 1.99. The van der Waals surface area contributed by atoms with E-state index in [1.165, 1.54) is 12.3 Å². The largest absolute Gasteiger partial charge is 0.469 e. The lowest BCUT2D eigenvalue weighted by Gasteiger charge is -2.07. The van der Waals surface area contributed by atoms with E-state index >= 15 is 0 Å². The number of hydrogen-bond acceptors (Lipinski definition) is 4. The molecule has 2 heterocycles. The van der Waals surface area contributed by atoms with E-state index in [4.69, 9.17) is 14.3 Å². The second-order valence-corrected chi connectivity index (χ2v) is 3.14. The van der Waals surface area contributed by atoms with Crippen LogP contribution in [0.3, 0.4) is 0 Å². The fourth-order valence-corrected chi connectivity index (χ4v) is 1.25. The molecule has 0 atom stereocenters. The number of aliphatic hydroxyl groups is 1. The van der Waals surface area contributed by atoms with Gasteiger partial charge in [-0.2, -0.15) is 0 Å². The fraction of sp³-hybridized carbons (Fsp3) is 0.182. The molecular weight excluding hydrogens is 213 g/mol. The summed E-state index contributed by atoms with van der Waals surface area (Å²) in [6.07, 6.45) is 2.57. The Kier molecular flexibility index (Phi) is 3.16. The molecule has 0 spiro atoms. The highest BCUT2D eigenvalue weighted by Gasteiger charge is 2.07. The van der Waals surface area contributed by atoms with Crippen LogP contribution in [0.1, 0.15) is 11.3 Å². The molecule has 0 aliphatic rings. The van der Waals surface area contributed by atoms with Crippen molar-refractivity contribution < 1.29 is 18.7 Å². The molecule has 2 rings (SSSR count). The summed E-state index contributed by atoms with van der Waals surface area (Å²) in [6, 6.07) is 4.68. The number of ether oxygens (including phenoxy) is 1. The van der Waals surface area contributed by atoms with Crippen LogP contribution in [-0.4, -0.2) is 10.1 Å². The number of hydrogen-bond donors (Lipinski definition) is 1. The number of aliphatic hydroxyl groups excluding tert-OH is 1. The van der Waals surface area contributed by atoms with Crippen LogP contribution in [0.15, 0.2) is 35.1 Å². The lowest BCUT2D eigenvalue weighted by atomic mass is 10.3. The summed E-state index contributed by atoms with van der Waals surface area (Å²) in [5.74, 6) is 0.338. The number of nitrogens with zero attached hydrogens (tertiary/aromatic N) is 1. The molecule has 0 saturated heterocycles. The molecular formula is C11H10FNO3. The van der Waals surface area contributed by atoms with Gasteiger partial charge in [0.05, 0.1) is 19.1 Å². The Morgan fingerprint density at radius 2 is 2.38 bits per heavy atom. The smallest absolute Gasteiger partial charge is 0.219 e. The Morgan fingerprint density at radius 3 is 3.06 bits per heavy atom. The van der Waals surface area contributed by atoms with Gasteiger partial charge in [0.2, 0.25) is 5.88 Å². The van der Waals surface area contributed by atoms with Gasteiger partial charge in [0, 0.05) is 5.56 Å². The third kappa shape index (κ3) is 2.38. The van der Waals surface area contributed by atoms with Crippen molar-refractivity contribution in [2.45, 2.75) is 13.2 Å². The standard InChI is InChI=1S/C11H10FNO3/c12-9-4-8(6-14)11(13-5-9)16-7-10-2-1-3-15-10/h1-5,14H,6-7H2. The van der Waals surface area contributed by atoms with Gasteiger partial charge in [0.25, 0.3) is 0 Å². The molecule has 0 aliphatic heterocycles. The van der Waals surface area contributed by atoms with Crippen LogP contribution in [0.5, 0.6) is 5.88 Å². The van der Waals surface area contributed by atoms with Gasteiger partial charge in [-0.05, 0) is 18.2 Å². The van der Waals surface area contributed by atoms with E-state index in [0.717, 1.165) is 6.20 Å². The number of rotatable bonds is 4. The number of pyridine rings is 1. The molecule has 16 heavy (non-hydrogen) atoms. The minimum absolute atomic E-state index is 0.193. The third-order valence-corrected chi connectivity index (χ3v) is 1.99. The molecule has 0 fully saturated rings. The zero-order valence-corrected chi connectivity index (χ0v) is 8.39. The fourth-order valence-electron chi connectivity index (χ4n) is 1.25. The van der Waals surface area contributed by atoms with E-state index in [2.05, 4.69) is 4.98 Å². The Bertz CT molecular complexity index is 456. The Hall–Kier alpha value is -1.88. The summed E-state index contributed by atoms with van der Waals surface area (Å²) in [5, 5.41) is 8.99. The van der Waals surface area contributed by atoms with E-state index in [0.29, 0.717) is 11.3 Å². The Balaban J connectivity index is 2.09. The maximum absolute atomic E-state index is 12.8. The quantitative estimate of drug-likeness (QED) is 0.859. The predicted molar refractivity (Wildman–Crippen MR) is 53.2 cm³/mol. The van der Waals surface area contributed by atoms with Crippen molar-refractivity contribution in [3.63, 3.8) is 0 Å². The molecule has 0 saturated carbocycles. The molecule has 0 aliphatic carbocycles. The highest BCUT2D eigenvalue weighted by atomic mass is 19.1. The van der Waals surface area contributed by atoms with Gasteiger partial charge < -0.3 is 14.3 Å². The van der Waals surface area contributed by atoms with Gasteiger partial charge in [-0.1, -0.05) is 0 Å². The normalized spacial score (nSPS) is 10.4. The van der Waals surface area contributed by atoms with E-state index in [1.54, 1.807) is 12.1 Å². The first kappa shape index (κ1) is 10.6. The average Bonchev–Trinajstić information content (AvgIpc) is 2.80. The van der Waals surface area contributed by atoms with Crippen LogP contribution in [0.4, 0.5) is 4.39 Å². The summed E-state index contributed by atoms with van der Waals surface area (Å²) < 4.78 is 23.2. The first-order chi connectivity index (χ1) is 7.79. The van der Waals surface area contributed by atoms with E-state index in [-0.39, 0.29) is 19.1 Å². The first-order valence-corrected chi connectivity index (χ1v) is 4.70. The lowest BCUT2D eigenvalue weighted by Crippen LogP contribution is -2.00. The molecule has 0 unspecified atom stereocenters. The molecule has 0 amide bonds. The lowest BCUT2D eigenvalue weighted by molar-refractivity contribution is 0.236. The summed E-state index contributed by atoms with van der Waals surface area (Å²) in [4.78, 5) is 3.75. The van der Waals surface area contributed by atoms with Gasteiger partial charge in [0.1, 0.15) is 18.2 Å². The maximum Gasteiger partial charge on any atom is 0.219 e. The number of aromatic nitrogens is 1. The second-order valence-electron chi connectivity index (χ2n) is 3.14. The Labute approximate surface area is 91.3 Å². The summed E-state index contributed by atoms with van der Waals surface area (Å²) >= 11 is 0. The van der Waals surface area contributed by atoms with Crippen LogP contribution < -0.4 is 4.74 Å². The van der Waals surface area contributed by atoms with Crippen molar-refractivity contribution in [1.29, 1.82) is 0 Å². The van der Waals surface area contributed by atoms with Crippen LogP contribution in [-0.2, 0) is 13.2 Å². The van der Waals surface area contributed by atoms with Crippen LogP contribution in [0, 0.1) is 5.82 Å². The molecule has 4 nitrogen and oxygen atoms in total. The van der Waals surface area contributed by atoms with Gasteiger partial charge in [0.15, 0.2) is 0 Å². The minimum Gasteiger partial charge on any atom is -0.469 e. The Morgan fingerprint density at radius 1 is 1.50 bits per heavy atom. The van der Waals surface area contributed by atoms with Crippen LogP contribution in [0.2, 0.25) is 0 Å². The van der Waals surface area contributed by atoms with Crippen molar-refractivity contribution in [2.24, 2.45) is 0 Å². The van der Waals surface area contributed by atoms with E-state index in [1.807, 2.05) is 0 Å². The van der Waals surface area contributed by atoms with Crippen molar-refractivity contribution in [3.8, 4) is 5.88 Å². The van der Waals surface area contributed by atoms with Crippen molar-refractivity contribution >= 4 is 0 Å². The highest BCUT2D eigenvalue weighted by molar-refractivity contribution is 5.25.